The normalized spacial score (nSPS) is 14.6. The van der Waals surface area contributed by atoms with Gasteiger partial charge in [0.1, 0.15) is 17.1 Å². The van der Waals surface area contributed by atoms with Crippen LogP contribution in [0.15, 0.2) is 57.4 Å². The van der Waals surface area contributed by atoms with Crippen LogP contribution in [0.4, 0.5) is 0 Å². The van der Waals surface area contributed by atoms with E-state index in [-0.39, 0.29) is 11.5 Å². The lowest BCUT2D eigenvalue weighted by Gasteiger charge is -2.05. The van der Waals surface area contributed by atoms with Gasteiger partial charge in [-0.05, 0) is 48.4 Å². The summed E-state index contributed by atoms with van der Waals surface area (Å²) in [5.74, 6) is 1.21. The van der Waals surface area contributed by atoms with Crippen LogP contribution in [0.2, 0.25) is 0 Å². The fourth-order valence-electron chi connectivity index (χ4n) is 2.93. The average molecular weight is 334 g/mol. The van der Waals surface area contributed by atoms with Crippen molar-refractivity contribution < 1.29 is 18.7 Å². The predicted molar refractivity (Wildman–Crippen MR) is 93.2 cm³/mol. The van der Waals surface area contributed by atoms with Gasteiger partial charge in [0.25, 0.3) is 0 Å². The molecule has 0 saturated carbocycles. The first-order valence-corrected chi connectivity index (χ1v) is 7.72. The lowest BCUT2D eigenvalue weighted by Crippen LogP contribution is -1.98. The van der Waals surface area contributed by atoms with Gasteiger partial charge < -0.3 is 13.9 Å². The minimum Gasteiger partial charge on any atom is -0.497 e. The van der Waals surface area contributed by atoms with Crippen LogP contribution in [-0.4, -0.2) is 12.9 Å². The molecule has 0 saturated heterocycles. The maximum absolute atomic E-state index is 12.6. The van der Waals surface area contributed by atoms with Crippen molar-refractivity contribution in [1.29, 1.82) is 0 Å². The van der Waals surface area contributed by atoms with Gasteiger partial charge in [0.2, 0.25) is 5.78 Å². The molecule has 1 aliphatic heterocycles. The van der Waals surface area contributed by atoms with Gasteiger partial charge in [-0.3, -0.25) is 4.79 Å². The monoisotopic (exact) mass is 334 g/mol. The average Bonchev–Trinajstić information content (AvgIpc) is 2.91. The third kappa shape index (κ3) is 2.50. The molecule has 2 heterocycles. The number of ketones is 1. The largest absolute Gasteiger partial charge is 0.497 e. The molecule has 0 amide bonds. The van der Waals surface area contributed by atoms with Crippen molar-refractivity contribution in [1.82, 2.24) is 0 Å². The molecule has 25 heavy (non-hydrogen) atoms. The molecule has 0 aliphatic carbocycles. The fraction of sp³-hybridized carbons (Fsp3) is 0.100. The highest BCUT2D eigenvalue weighted by Crippen LogP contribution is 2.39. The van der Waals surface area contributed by atoms with Crippen molar-refractivity contribution >= 4 is 22.8 Å². The molecule has 0 atom stereocenters. The van der Waals surface area contributed by atoms with E-state index in [0.29, 0.717) is 27.8 Å². The zero-order valence-corrected chi connectivity index (χ0v) is 13.7. The summed E-state index contributed by atoms with van der Waals surface area (Å²) in [7, 11) is 1.60. The molecule has 1 aliphatic rings. The van der Waals surface area contributed by atoms with Crippen LogP contribution in [0.1, 0.15) is 21.5 Å². The Bertz CT molecular complexity index is 1090. The number of benzene rings is 2. The van der Waals surface area contributed by atoms with Gasteiger partial charge in [0.05, 0.1) is 18.1 Å². The zero-order chi connectivity index (χ0) is 17.6. The van der Waals surface area contributed by atoms with Crippen molar-refractivity contribution in [2.24, 2.45) is 0 Å². The van der Waals surface area contributed by atoms with E-state index in [1.54, 1.807) is 32.2 Å². The lowest BCUT2D eigenvalue weighted by molar-refractivity contribution is 0.101. The minimum absolute atomic E-state index is 0.196. The maximum atomic E-state index is 12.6. The summed E-state index contributed by atoms with van der Waals surface area (Å²) < 4.78 is 16.2. The molecule has 124 valence electrons. The number of methoxy groups -OCH3 is 1. The van der Waals surface area contributed by atoms with Gasteiger partial charge in [-0.1, -0.05) is 12.1 Å². The Kier molecular flexibility index (Phi) is 3.42. The Morgan fingerprint density at radius 2 is 1.80 bits per heavy atom. The molecule has 4 rings (SSSR count). The van der Waals surface area contributed by atoms with Crippen LogP contribution in [0, 0.1) is 6.92 Å². The van der Waals surface area contributed by atoms with Gasteiger partial charge in [-0.25, -0.2) is 4.79 Å². The molecular formula is C20H14O5. The summed E-state index contributed by atoms with van der Waals surface area (Å²) in [5.41, 5.74) is 1.97. The SMILES string of the molecule is COc1ccc(/C=C2\Oc3c(ccc4oc(=O)cc(C)c34)C2=O)cc1. The number of hydrogen-bond donors (Lipinski definition) is 0. The van der Waals surface area contributed by atoms with Gasteiger partial charge >= 0.3 is 5.63 Å². The van der Waals surface area contributed by atoms with E-state index in [9.17, 15) is 9.59 Å². The Balaban J connectivity index is 1.81. The molecule has 0 unspecified atom stereocenters. The van der Waals surface area contributed by atoms with Crippen LogP contribution < -0.4 is 15.1 Å². The maximum Gasteiger partial charge on any atom is 0.336 e. The second-order valence-electron chi connectivity index (χ2n) is 5.78. The molecule has 5 heteroatoms. The second-order valence-corrected chi connectivity index (χ2v) is 5.78. The highest BCUT2D eigenvalue weighted by Gasteiger charge is 2.30. The molecule has 0 spiro atoms. The summed E-state index contributed by atoms with van der Waals surface area (Å²) in [6, 6.07) is 11.9. The number of rotatable bonds is 2. The summed E-state index contributed by atoms with van der Waals surface area (Å²) >= 11 is 0. The number of fused-ring (bicyclic) bond motifs is 3. The molecule has 5 nitrogen and oxygen atoms in total. The van der Waals surface area contributed by atoms with Crippen LogP contribution in [-0.2, 0) is 0 Å². The first-order valence-electron chi connectivity index (χ1n) is 7.72. The van der Waals surface area contributed by atoms with E-state index < -0.39 is 5.63 Å². The fourth-order valence-corrected chi connectivity index (χ4v) is 2.93. The molecule has 0 bridgehead atoms. The molecule has 0 fully saturated rings. The summed E-state index contributed by atoms with van der Waals surface area (Å²) in [5, 5.41) is 0.642. The molecule has 0 N–H and O–H groups in total. The quantitative estimate of drug-likeness (QED) is 0.528. The number of carbonyl (C=O) groups excluding carboxylic acids is 1. The van der Waals surface area contributed by atoms with Crippen molar-refractivity contribution in [3.8, 4) is 11.5 Å². The number of ether oxygens (including phenoxy) is 2. The number of carbonyl (C=O) groups is 1. The topological polar surface area (TPSA) is 65.7 Å². The van der Waals surface area contributed by atoms with Gasteiger partial charge in [-0.2, -0.15) is 0 Å². The molecule has 0 radical (unpaired) electrons. The van der Waals surface area contributed by atoms with Crippen molar-refractivity contribution in [2.45, 2.75) is 6.92 Å². The minimum atomic E-state index is -0.428. The van der Waals surface area contributed by atoms with E-state index in [4.69, 9.17) is 13.9 Å². The Hall–Kier alpha value is -3.34. The Morgan fingerprint density at radius 3 is 2.52 bits per heavy atom. The first kappa shape index (κ1) is 15.2. The van der Waals surface area contributed by atoms with Crippen LogP contribution in [0.25, 0.3) is 17.0 Å². The van der Waals surface area contributed by atoms with E-state index in [1.165, 1.54) is 6.07 Å². The van der Waals surface area contributed by atoms with E-state index in [2.05, 4.69) is 0 Å². The van der Waals surface area contributed by atoms with Crippen LogP contribution in [0.5, 0.6) is 11.5 Å². The standard InChI is InChI=1S/C20H14O5/c1-11-9-17(21)24-15-8-7-14-19(22)16(25-20(14)18(11)15)10-12-3-5-13(23-2)6-4-12/h3-10H,1-2H3/b16-10-. The Morgan fingerprint density at radius 1 is 1.04 bits per heavy atom. The smallest absolute Gasteiger partial charge is 0.336 e. The first-order chi connectivity index (χ1) is 12.1. The summed E-state index contributed by atoms with van der Waals surface area (Å²) in [4.78, 5) is 24.2. The number of hydrogen-bond acceptors (Lipinski definition) is 5. The van der Waals surface area contributed by atoms with Gasteiger partial charge in [0, 0.05) is 6.07 Å². The Labute approximate surface area is 143 Å². The predicted octanol–water partition coefficient (Wildman–Crippen LogP) is 3.73. The van der Waals surface area contributed by atoms with E-state index in [1.807, 2.05) is 24.3 Å². The van der Waals surface area contributed by atoms with Crippen LogP contribution >= 0.6 is 0 Å². The highest BCUT2D eigenvalue weighted by atomic mass is 16.5. The van der Waals surface area contributed by atoms with Crippen molar-refractivity contribution in [3.63, 3.8) is 0 Å². The molecule has 3 aromatic rings. The lowest BCUT2D eigenvalue weighted by atomic mass is 10.0. The summed E-state index contributed by atoms with van der Waals surface area (Å²) in [6.45, 7) is 1.79. The highest BCUT2D eigenvalue weighted by molar-refractivity contribution is 6.17. The number of allylic oxidation sites excluding steroid dienone is 1. The van der Waals surface area contributed by atoms with Crippen LogP contribution in [0.3, 0.4) is 0 Å². The van der Waals surface area contributed by atoms with E-state index in [0.717, 1.165) is 11.3 Å². The third-order valence-electron chi connectivity index (χ3n) is 4.15. The third-order valence-corrected chi connectivity index (χ3v) is 4.15. The van der Waals surface area contributed by atoms with Crippen molar-refractivity contribution in [3.05, 3.63) is 75.3 Å². The van der Waals surface area contributed by atoms with Gasteiger partial charge in [0.15, 0.2) is 5.76 Å². The zero-order valence-electron chi connectivity index (χ0n) is 13.7. The second kappa shape index (κ2) is 5.63. The molecule has 2 aromatic carbocycles. The molecular weight excluding hydrogens is 320 g/mol. The number of aryl methyl sites for hydroxylation is 1. The summed E-state index contributed by atoms with van der Waals surface area (Å²) in [6.07, 6.45) is 1.68. The van der Waals surface area contributed by atoms with Gasteiger partial charge in [-0.15, -0.1) is 0 Å². The van der Waals surface area contributed by atoms with E-state index >= 15 is 0 Å². The molecule has 1 aromatic heterocycles. The number of Topliss-reactive ketones (excluding diaryl/α,β-unsaturated/α-hetero) is 1. The van der Waals surface area contributed by atoms with Crippen molar-refractivity contribution in [2.75, 3.05) is 7.11 Å².